The molecule has 1 unspecified atom stereocenters. The number of hydrogen-bond acceptors (Lipinski definition) is 4. The number of ketones is 1. The van der Waals surface area contributed by atoms with Crippen LogP contribution in [-0.2, 0) is 4.79 Å². The van der Waals surface area contributed by atoms with E-state index in [-0.39, 0.29) is 29.1 Å². The van der Waals surface area contributed by atoms with Gasteiger partial charge in [0.1, 0.15) is 11.5 Å². The third kappa shape index (κ3) is 3.35. The van der Waals surface area contributed by atoms with E-state index < -0.39 is 0 Å². The van der Waals surface area contributed by atoms with Crippen molar-refractivity contribution in [3.05, 3.63) is 39.9 Å². The summed E-state index contributed by atoms with van der Waals surface area (Å²) in [5.41, 5.74) is 0.850. The van der Waals surface area contributed by atoms with Gasteiger partial charge in [-0.25, -0.2) is 0 Å². The number of nitro groups is 1. The van der Waals surface area contributed by atoms with Gasteiger partial charge < -0.3 is 4.74 Å². The molecule has 1 saturated carbocycles. The Kier molecular flexibility index (Phi) is 4.71. The molecule has 108 valence electrons. The van der Waals surface area contributed by atoms with Gasteiger partial charge >= 0.3 is 0 Å². The molecule has 5 nitrogen and oxygen atoms in total. The summed E-state index contributed by atoms with van der Waals surface area (Å²) in [7, 11) is 1.58. The van der Waals surface area contributed by atoms with Crippen LogP contribution >= 0.6 is 0 Å². The quantitative estimate of drug-likeness (QED) is 0.613. The molecule has 1 aliphatic carbocycles. The van der Waals surface area contributed by atoms with Crippen molar-refractivity contribution in [3.8, 4) is 5.75 Å². The van der Waals surface area contributed by atoms with E-state index in [0.29, 0.717) is 12.2 Å². The fourth-order valence-corrected chi connectivity index (χ4v) is 2.91. The van der Waals surface area contributed by atoms with Crippen molar-refractivity contribution in [1.29, 1.82) is 0 Å². The van der Waals surface area contributed by atoms with Crippen LogP contribution in [-0.4, -0.2) is 24.4 Å². The van der Waals surface area contributed by atoms with Crippen LogP contribution in [0.3, 0.4) is 0 Å². The molecule has 0 spiro atoms. The predicted octanol–water partition coefficient (Wildman–Crippen LogP) is 2.81. The molecule has 0 radical (unpaired) electrons. The Morgan fingerprint density at radius 3 is 2.60 bits per heavy atom. The Bertz CT molecular complexity index is 483. The largest absolute Gasteiger partial charge is 0.497 e. The SMILES string of the molecule is COc1ccc([C@@H](C[N+](=O)[O-])C2CCCCC2=O)cc1. The van der Waals surface area contributed by atoms with Gasteiger partial charge in [-0.2, -0.15) is 0 Å². The average molecular weight is 277 g/mol. The Balaban J connectivity index is 2.25. The monoisotopic (exact) mass is 277 g/mol. The fraction of sp³-hybridized carbons (Fsp3) is 0.533. The molecule has 0 aliphatic heterocycles. The standard InChI is InChI=1S/C15H19NO4/c1-20-12-8-6-11(7-9-12)14(10-16(18)19)13-4-2-3-5-15(13)17/h6-9,13-14H,2-5,10H2,1H3/t13?,14-/m1/s1. The molecule has 2 atom stereocenters. The van der Waals surface area contributed by atoms with E-state index in [2.05, 4.69) is 0 Å². The number of methoxy groups -OCH3 is 1. The average Bonchev–Trinajstić information content (AvgIpc) is 2.46. The van der Waals surface area contributed by atoms with Gasteiger partial charge in [-0.05, 0) is 30.5 Å². The van der Waals surface area contributed by atoms with Gasteiger partial charge in [-0.1, -0.05) is 18.6 Å². The molecule has 0 aromatic heterocycles. The lowest BCUT2D eigenvalue weighted by Crippen LogP contribution is -2.30. The zero-order valence-corrected chi connectivity index (χ0v) is 11.6. The van der Waals surface area contributed by atoms with Crippen molar-refractivity contribution in [2.45, 2.75) is 31.6 Å². The number of ether oxygens (including phenoxy) is 1. The number of carbonyl (C=O) groups is 1. The minimum atomic E-state index is -0.330. The first-order valence-corrected chi connectivity index (χ1v) is 6.90. The summed E-state index contributed by atoms with van der Waals surface area (Å²) in [6.07, 6.45) is 3.18. The molecule has 1 aromatic carbocycles. The van der Waals surface area contributed by atoms with Crippen molar-refractivity contribution in [2.75, 3.05) is 13.7 Å². The number of hydrogen-bond donors (Lipinski definition) is 0. The maximum atomic E-state index is 12.1. The summed E-state index contributed by atoms with van der Waals surface area (Å²) >= 11 is 0. The minimum absolute atomic E-state index is 0.166. The molecule has 0 amide bonds. The number of benzene rings is 1. The summed E-state index contributed by atoms with van der Waals surface area (Å²) < 4.78 is 5.10. The Morgan fingerprint density at radius 2 is 2.05 bits per heavy atom. The second-order valence-electron chi connectivity index (χ2n) is 5.21. The molecule has 5 heteroatoms. The lowest BCUT2D eigenvalue weighted by molar-refractivity contribution is -0.484. The van der Waals surface area contributed by atoms with Crippen LogP contribution in [0.15, 0.2) is 24.3 Å². The van der Waals surface area contributed by atoms with Gasteiger partial charge in [-0.15, -0.1) is 0 Å². The number of rotatable bonds is 5. The third-order valence-corrected chi connectivity index (χ3v) is 3.98. The zero-order chi connectivity index (χ0) is 14.5. The van der Waals surface area contributed by atoms with Gasteiger partial charge in [0.25, 0.3) is 0 Å². The van der Waals surface area contributed by atoms with Crippen molar-refractivity contribution in [1.82, 2.24) is 0 Å². The molecular formula is C15H19NO4. The van der Waals surface area contributed by atoms with Crippen molar-refractivity contribution in [3.63, 3.8) is 0 Å². The number of carbonyl (C=O) groups excluding carboxylic acids is 1. The van der Waals surface area contributed by atoms with E-state index in [4.69, 9.17) is 4.74 Å². The smallest absolute Gasteiger partial charge is 0.211 e. The molecular weight excluding hydrogens is 258 g/mol. The Labute approximate surface area is 118 Å². The van der Waals surface area contributed by atoms with Crippen LogP contribution in [0, 0.1) is 16.0 Å². The molecule has 2 rings (SSSR count). The highest BCUT2D eigenvalue weighted by Gasteiger charge is 2.34. The van der Waals surface area contributed by atoms with Crippen LogP contribution in [0.1, 0.15) is 37.2 Å². The van der Waals surface area contributed by atoms with E-state index in [1.807, 2.05) is 12.1 Å². The van der Waals surface area contributed by atoms with Gasteiger partial charge in [-0.3, -0.25) is 14.9 Å². The maximum absolute atomic E-state index is 12.1. The third-order valence-electron chi connectivity index (χ3n) is 3.98. The second kappa shape index (κ2) is 6.50. The summed E-state index contributed by atoms with van der Waals surface area (Å²) in [6, 6.07) is 7.23. The zero-order valence-electron chi connectivity index (χ0n) is 11.6. The molecule has 0 heterocycles. The first-order chi connectivity index (χ1) is 9.61. The summed E-state index contributed by atoms with van der Waals surface area (Å²) in [5.74, 6) is 0.328. The van der Waals surface area contributed by atoms with E-state index in [1.165, 1.54) is 0 Å². The molecule has 1 fully saturated rings. The molecule has 1 aromatic rings. The van der Waals surface area contributed by atoms with Crippen LogP contribution in [0.25, 0.3) is 0 Å². The number of nitrogens with zero attached hydrogens (tertiary/aromatic N) is 1. The summed E-state index contributed by atoms with van der Waals surface area (Å²) in [5, 5.41) is 10.9. The molecule has 20 heavy (non-hydrogen) atoms. The van der Waals surface area contributed by atoms with E-state index in [0.717, 1.165) is 24.8 Å². The first-order valence-electron chi connectivity index (χ1n) is 6.90. The molecule has 0 N–H and O–H groups in total. The normalized spacial score (nSPS) is 20.4. The summed E-state index contributed by atoms with van der Waals surface area (Å²) in [6.45, 7) is -0.192. The summed E-state index contributed by atoms with van der Waals surface area (Å²) in [4.78, 5) is 22.7. The van der Waals surface area contributed by atoms with Crippen LogP contribution < -0.4 is 4.74 Å². The first kappa shape index (κ1) is 14.5. The predicted molar refractivity (Wildman–Crippen MR) is 74.6 cm³/mol. The molecule has 1 aliphatic rings. The Hall–Kier alpha value is -1.91. The van der Waals surface area contributed by atoms with E-state index in [1.54, 1.807) is 19.2 Å². The highest BCUT2D eigenvalue weighted by atomic mass is 16.6. The lowest BCUT2D eigenvalue weighted by atomic mass is 9.76. The fourth-order valence-electron chi connectivity index (χ4n) is 2.91. The van der Waals surface area contributed by atoms with Crippen molar-refractivity contribution >= 4 is 5.78 Å². The Morgan fingerprint density at radius 1 is 1.35 bits per heavy atom. The van der Waals surface area contributed by atoms with Crippen LogP contribution in [0.2, 0.25) is 0 Å². The van der Waals surface area contributed by atoms with E-state index in [9.17, 15) is 14.9 Å². The highest BCUT2D eigenvalue weighted by molar-refractivity contribution is 5.82. The second-order valence-corrected chi connectivity index (χ2v) is 5.21. The van der Waals surface area contributed by atoms with Crippen LogP contribution in [0.4, 0.5) is 0 Å². The van der Waals surface area contributed by atoms with Gasteiger partial charge in [0, 0.05) is 17.3 Å². The molecule has 0 saturated heterocycles. The van der Waals surface area contributed by atoms with Gasteiger partial charge in [0.2, 0.25) is 6.54 Å². The van der Waals surface area contributed by atoms with Crippen molar-refractivity contribution < 1.29 is 14.5 Å². The van der Waals surface area contributed by atoms with Crippen molar-refractivity contribution in [2.24, 2.45) is 5.92 Å². The lowest BCUT2D eigenvalue weighted by Gasteiger charge is -2.27. The minimum Gasteiger partial charge on any atom is -0.497 e. The van der Waals surface area contributed by atoms with Gasteiger partial charge in [0.05, 0.1) is 13.0 Å². The van der Waals surface area contributed by atoms with E-state index >= 15 is 0 Å². The maximum Gasteiger partial charge on any atom is 0.211 e. The van der Waals surface area contributed by atoms with Gasteiger partial charge in [0.15, 0.2) is 0 Å². The highest BCUT2D eigenvalue weighted by Crippen LogP contribution is 2.34. The molecule has 0 bridgehead atoms. The van der Waals surface area contributed by atoms with Crippen LogP contribution in [0.5, 0.6) is 5.75 Å². The topological polar surface area (TPSA) is 69.4 Å². The number of Topliss-reactive ketones (excluding diaryl/α,β-unsaturated/α-hetero) is 1.